The number of aliphatic hydroxyl groups is 1. The third-order valence-electron chi connectivity index (χ3n) is 1.87. The fourth-order valence-corrected chi connectivity index (χ4v) is 1.13. The summed E-state index contributed by atoms with van der Waals surface area (Å²) in [6, 6.07) is -0.282. The van der Waals surface area contributed by atoms with Crippen LogP contribution in [0.4, 0.5) is 0 Å². The van der Waals surface area contributed by atoms with E-state index in [0.29, 0.717) is 6.61 Å². The van der Waals surface area contributed by atoms with Gasteiger partial charge in [-0.1, -0.05) is 0 Å². The zero-order valence-corrected chi connectivity index (χ0v) is 7.24. The predicted octanol–water partition coefficient (Wildman–Crippen LogP) is -0.151. The van der Waals surface area contributed by atoms with Crippen molar-refractivity contribution in [3.8, 4) is 0 Å². The Morgan fingerprint density at radius 3 is 3.00 bits per heavy atom. The van der Waals surface area contributed by atoms with Gasteiger partial charge in [0, 0.05) is 6.61 Å². The number of rotatable bonds is 4. The molecule has 0 aromatic heterocycles. The highest BCUT2D eigenvalue weighted by Gasteiger charge is 2.14. The van der Waals surface area contributed by atoms with Gasteiger partial charge >= 0.3 is 0 Å². The third kappa shape index (κ3) is 3.49. The molecule has 1 saturated heterocycles. The minimum Gasteiger partial charge on any atom is -0.395 e. The smallest absolute Gasteiger partial charge is 0.157 e. The van der Waals surface area contributed by atoms with Gasteiger partial charge in [0.1, 0.15) is 0 Å². The Hall–Kier alpha value is -0.160. The zero-order valence-electron chi connectivity index (χ0n) is 7.24. The maximum atomic E-state index is 8.62. The van der Waals surface area contributed by atoms with Crippen LogP contribution in [0, 0.1) is 0 Å². The van der Waals surface area contributed by atoms with Gasteiger partial charge in [-0.3, -0.25) is 0 Å². The Morgan fingerprint density at radius 2 is 2.42 bits per heavy atom. The normalized spacial score (nSPS) is 27.0. The van der Waals surface area contributed by atoms with Crippen LogP contribution in [0.1, 0.15) is 19.3 Å². The topological polar surface area (TPSA) is 64.7 Å². The highest BCUT2D eigenvalue weighted by molar-refractivity contribution is 4.59. The van der Waals surface area contributed by atoms with E-state index in [1.165, 1.54) is 0 Å². The second kappa shape index (κ2) is 5.48. The number of hydrogen-bond acceptors (Lipinski definition) is 4. The molecule has 0 saturated carbocycles. The van der Waals surface area contributed by atoms with E-state index >= 15 is 0 Å². The van der Waals surface area contributed by atoms with Crippen LogP contribution in [0.15, 0.2) is 0 Å². The number of aliphatic hydroxyl groups excluding tert-OH is 1. The summed E-state index contributed by atoms with van der Waals surface area (Å²) in [6.07, 6.45) is 3.11. The summed E-state index contributed by atoms with van der Waals surface area (Å²) in [4.78, 5) is 0. The lowest BCUT2D eigenvalue weighted by molar-refractivity contribution is -0.165. The molecule has 3 N–H and O–H groups in total. The molecule has 4 nitrogen and oxygen atoms in total. The molecule has 0 radical (unpaired) electrons. The average molecular weight is 175 g/mol. The van der Waals surface area contributed by atoms with Crippen molar-refractivity contribution >= 4 is 0 Å². The van der Waals surface area contributed by atoms with Crippen molar-refractivity contribution in [1.82, 2.24) is 0 Å². The number of ether oxygens (including phenoxy) is 2. The molecule has 0 aliphatic carbocycles. The van der Waals surface area contributed by atoms with Gasteiger partial charge in [0.15, 0.2) is 6.29 Å². The van der Waals surface area contributed by atoms with E-state index in [0.717, 1.165) is 25.9 Å². The Balaban J connectivity index is 2.05. The van der Waals surface area contributed by atoms with Gasteiger partial charge in [-0.05, 0) is 19.3 Å². The van der Waals surface area contributed by atoms with E-state index in [4.69, 9.17) is 20.3 Å². The first-order valence-electron chi connectivity index (χ1n) is 4.42. The SMILES string of the molecule is N[C@@H](CO)COC1CCCCO1. The Kier molecular flexibility index (Phi) is 4.53. The molecule has 0 aromatic carbocycles. The van der Waals surface area contributed by atoms with Crippen molar-refractivity contribution in [3.05, 3.63) is 0 Å². The first-order valence-corrected chi connectivity index (χ1v) is 4.42. The van der Waals surface area contributed by atoms with Gasteiger partial charge in [-0.2, -0.15) is 0 Å². The highest BCUT2D eigenvalue weighted by atomic mass is 16.7. The first kappa shape index (κ1) is 9.92. The quantitative estimate of drug-likeness (QED) is 0.623. The lowest BCUT2D eigenvalue weighted by Gasteiger charge is -2.23. The molecular formula is C8H17NO3. The Morgan fingerprint density at radius 1 is 1.58 bits per heavy atom. The van der Waals surface area contributed by atoms with Crippen molar-refractivity contribution in [2.45, 2.75) is 31.6 Å². The van der Waals surface area contributed by atoms with E-state index in [1.807, 2.05) is 0 Å². The van der Waals surface area contributed by atoms with Crippen LogP contribution < -0.4 is 5.73 Å². The van der Waals surface area contributed by atoms with Crippen LogP contribution in [-0.4, -0.2) is 37.3 Å². The fraction of sp³-hybridized carbons (Fsp3) is 1.00. The van der Waals surface area contributed by atoms with Crippen LogP contribution in [0.5, 0.6) is 0 Å². The van der Waals surface area contributed by atoms with Crippen LogP contribution in [0.25, 0.3) is 0 Å². The Labute approximate surface area is 72.6 Å². The zero-order chi connectivity index (χ0) is 8.81. The lowest BCUT2D eigenvalue weighted by Crippen LogP contribution is -2.34. The molecule has 0 amide bonds. The number of hydrogen-bond donors (Lipinski definition) is 2. The minimum atomic E-state index is -0.282. The van der Waals surface area contributed by atoms with Gasteiger partial charge in [0.25, 0.3) is 0 Å². The molecule has 72 valence electrons. The van der Waals surface area contributed by atoms with Crippen molar-refractivity contribution in [2.24, 2.45) is 5.73 Å². The van der Waals surface area contributed by atoms with Gasteiger partial charge in [-0.25, -0.2) is 0 Å². The molecule has 1 heterocycles. The second-order valence-electron chi connectivity index (χ2n) is 3.07. The molecule has 12 heavy (non-hydrogen) atoms. The largest absolute Gasteiger partial charge is 0.395 e. The molecule has 1 rings (SSSR count). The van der Waals surface area contributed by atoms with Gasteiger partial charge in [-0.15, -0.1) is 0 Å². The molecule has 0 aromatic rings. The van der Waals surface area contributed by atoms with Crippen molar-refractivity contribution in [2.75, 3.05) is 19.8 Å². The van der Waals surface area contributed by atoms with Gasteiger partial charge in [0.05, 0.1) is 19.3 Å². The maximum absolute atomic E-state index is 8.62. The van der Waals surface area contributed by atoms with Crippen molar-refractivity contribution in [3.63, 3.8) is 0 Å². The predicted molar refractivity (Wildman–Crippen MR) is 44.6 cm³/mol. The molecule has 0 bridgehead atoms. The molecule has 2 atom stereocenters. The van der Waals surface area contributed by atoms with Gasteiger partial charge < -0.3 is 20.3 Å². The highest BCUT2D eigenvalue weighted by Crippen LogP contribution is 2.13. The number of nitrogens with two attached hydrogens (primary N) is 1. The summed E-state index contributed by atoms with van der Waals surface area (Å²) in [7, 11) is 0. The molecule has 1 aliphatic rings. The van der Waals surface area contributed by atoms with Crippen molar-refractivity contribution < 1.29 is 14.6 Å². The van der Waals surface area contributed by atoms with E-state index in [2.05, 4.69) is 0 Å². The van der Waals surface area contributed by atoms with Crippen LogP contribution in [-0.2, 0) is 9.47 Å². The summed E-state index contributed by atoms with van der Waals surface area (Å²) in [6.45, 7) is 1.12. The van der Waals surface area contributed by atoms with Crippen LogP contribution in [0.3, 0.4) is 0 Å². The molecule has 0 spiro atoms. The molecular weight excluding hydrogens is 158 g/mol. The van der Waals surface area contributed by atoms with E-state index in [1.54, 1.807) is 0 Å². The summed E-state index contributed by atoms with van der Waals surface area (Å²) in [5, 5.41) is 8.62. The summed E-state index contributed by atoms with van der Waals surface area (Å²) in [5.41, 5.74) is 5.46. The molecule has 1 fully saturated rings. The summed E-state index contributed by atoms with van der Waals surface area (Å²) >= 11 is 0. The first-order chi connectivity index (χ1) is 5.83. The Bertz CT molecular complexity index is 115. The van der Waals surface area contributed by atoms with Gasteiger partial charge in [0.2, 0.25) is 0 Å². The minimum absolute atomic E-state index is 0.0350. The standard InChI is InChI=1S/C8H17NO3/c9-7(5-10)6-12-8-3-1-2-4-11-8/h7-8,10H,1-6,9H2/t7-,8?/m0/s1. The monoisotopic (exact) mass is 175 g/mol. The second-order valence-corrected chi connectivity index (χ2v) is 3.07. The van der Waals surface area contributed by atoms with Crippen LogP contribution in [0.2, 0.25) is 0 Å². The molecule has 1 aliphatic heterocycles. The summed E-state index contributed by atoms with van der Waals surface area (Å²) < 4.78 is 10.6. The lowest BCUT2D eigenvalue weighted by atomic mass is 10.2. The van der Waals surface area contributed by atoms with Crippen molar-refractivity contribution in [1.29, 1.82) is 0 Å². The van der Waals surface area contributed by atoms with E-state index in [9.17, 15) is 0 Å². The van der Waals surface area contributed by atoms with E-state index < -0.39 is 0 Å². The third-order valence-corrected chi connectivity index (χ3v) is 1.87. The van der Waals surface area contributed by atoms with Crippen LogP contribution >= 0.6 is 0 Å². The maximum Gasteiger partial charge on any atom is 0.157 e. The van der Waals surface area contributed by atoms with E-state index in [-0.39, 0.29) is 18.9 Å². The average Bonchev–Trinajstić information content (AvgIpc) is 2.16. The summed E-state index contributed by atoms with van der Waals surface area (Å²) in [5.74, 6) is 0. The molecule has 1 unspecified atom stereocenters. The molecule has 4 heteroatoms. The fourth-order valence-electron chi connectivity index (χ4n) is 1.13.